The van der Waals surface area contributed by atoms with E-state index in [-0.39, 0.29) is 6.42 Å². The number of nitrogens with one attached hydrogen (secondary N) is 1. The van der Waals surface area contributed by atoms with E-state index in [2.05, 4.69) is 59.9 Å². The van der Waals surface area contributed by atoms with Crippen molar-refractivity contribution in [3.8, 4) is 5.75 Å². The Balaban J connectivity index is 1.37. The van der Waals surface area contributed by atoms with Crippen LogP contribution in [0.3, 0.4) is 0 Å². The first kappa shape index (κ1) is 19.9. The van der Waals surface area contributed by atoms with Gasteiger partial charge in [-0.3, -0.25) is 4.79 Å². The van der Waals surface area contributed by atoms with Gasteiger partial charge < -0.3 is 15.2 Å². The van der Waals surface area contributed by atoms with Crippen LogP contribution in [0.25, 0.3) is 10.8 Å². The lowest BCUT2D eigenvalue weighted by molar-refractivity contribution is -0.136. The predicted molar refractivity (Wildman–Crippen MR) is 113 cm³/mol. The average Bonchev–Trinajstić information content (AvgIpc) is 2.71. The highest BCUT2D eigenvalue weighted by Crippen LogP contribution is 2.17. The van der Waals surface area contributed by atoms with Crippen molar-refractivity contribution >= 4 is 16.7 Å². The van der Waals surface area contributed by atoms with E-state index in [0.29, 0.717) is 13.2 Å². The summed E-state index contributed by atoms with van der Waals surface area (Å²) < 4.78 is 5.89. The zero-order valence-electron chi connectivity index (χ0n) is 16.1. The molecule has 0 spiro atoms. The highest BCUT2D eigenvalue weighted by molar-refractivity contribution is 5.82. The second kappa shape index (κ2) is 10.5. The van der Waals surface area contributed by atoms with Crippen LogP contribution in [0.2, 0.25) is 0 Å². The number of aryl methyl sites for hydroxylation is 1. The third-order valence-corrected chi connectivity index (χ3v) is 4.73. The molecule has 0 radical (unpaired) electrons. The maximum absolute atomic E-state index is 10.4. The summed E-state index contributed by atoms with van der Waals surface area (Å²) >= 11 is 0. The molecule has 3 rings (SSSR count). The molecule has 4 nitrogen and oxygen atoms in total. The Morgan fingerprint density at radius 1 is 0.857 bits per heavy atom. The molecule has 146 valence electrons. The van der Waals surface area contributed by atoms with Gasteiger partial charge in [0.2, 0.25) is 0 Å². The molecule has 0 fully saturated rings. The number of hydrogen-bond acceptors (Lipinski definition) is 3. The molecule has 4 heteroatoms. The van der Waals surface area contributed by atoms with E-state index in [0.717, 1.165) is 31.6 Å². The Labute approximate surface area is 166 Å². The van der Waals surface area contributed by atoms with Crippen molar-refractivity contribution < 1.29 is 14.6 Å². The van der Waals surface area contributed by atoms with Crippen LogP contribution < -0.4 is 10.1 Å². The number of hydrogen-bond donors (Lipinski definition) is 2. The Kier molecular flexibility index (Phi) is 7.44. The molecular formula is C24H27NO3. The zero-order chi connectivity index (χ0) is 19.6. The molecule has 28 heavy (non-hydrogen) atoms. The number of carboxylic acid groups (broad SMARTS) is 1. The molecule has 0 saturated heterocycles. The van der Waals surface area contributed by atoms with Crippen LogP contribution in [0.15, 0.2) is 66.7 Å². The maximum atomic E-state index is 10.4. The standard InChI is InChI=1S/C24H27NO3/c26-24(27)13-16-25-15-3-4-19-8-11-23(12-9-19)28-17-14-20-7-10-21-5-1-2-6-22(21)18-20/h1-2,5-12,18,25H,3-4,13-17H2,(H,26,27). The van der Waals surface area contributed by atoms with Crippen molar-refractivity contribution in [3.05, 3.63) is 77.9 Å². The van der Waals surface area contributed by atoms with Gasteiger partial charge >= 0.3 is 5.97 Å². The number of carbonyl (C=O) groups is 1. The van der Waals surface area contributed by atoms with Gasteiger partial charge in [-0.1, -0.05) is 54.6 Å². The molecule has 0 atom stereocenters. The van der Waals surface area contributed by atoms with E-state index >= 15 is 0 Å². The van der Waals surface area contributed by atoms with Gasteiger partial charge in [-0.15, -0.1) is 0 Å². The zero-order valence-corrected chi connectivity index (χ0v) is 16.1. The lowest BCUT2D eigenvalue weighted by Gasteiger charge is -2.08. The Morgan fingerprint density at radius 3 is 2.39 bits per heavy atom. The Morgan fingerprint density at radius 2 is 1.61 bits per heavy atom. The van der Waals surface area contributed by atoms with E-state index in [9.17, 15) is 4.79 Å². The van der Waals surface area contributed by atoms with Gasteiger partial charge in [0.05, 0.1) is 13.0 Å². The molecule has 3 aromatic rings. The first-order chi connectivity index (χ1) is 13.7. The summed E-state index contributed by atoms with van der Waals surface area (Å²) in [6, 6.07) is 23.2. The van der Waals surface area contributed by atoms with Crippen LogP contribution >= 0.6 is 0 Å². The second-order valence-corrected chi connectivity index (χ2v) is 6.92. The van der Waals surface area contributed by atoms with Crippen molar-refractivity contribution in [3.63, 3.8) is 0 Å². The lowest BCUT2D eigenvalue weighted by Crippen LogP contribution is -2.19. The summed E-state index contributed by atoms with van der Waals surface area (Å²) in [5.41, 5.74) is 2.55. The van der Waals surface area contributed by atoms with Crippen molar-refractivity contribution in [2.45, 2.75) is 25.7 Å². The van der Waals surface area contributed by atoms with E-state index in [1.54, 1.807) is 0 Å². The molecule has 0 bridgehead atoms. The highest BCUT2D eigenvalue weighted by Gasteiger charge is 2.00. The van der Waals surface area contributed by atoms with Gasteiger partial charge in [-0.25, -0.2) is 0 Å². The number of aliphatic carboxylic acids is 1. The Bertz CT molecular complexity index is 890. The molecule has 0 aliphatic heterocycles. The van der Waals surface area contributed by atoms with Gasteiger partial charge in [-0.2, -0.15) is 0 Å². The number of ether oxygens (including phenoxy) is 1. The van der Waals surface area contributed by atoms with Crippen LogP contribution in [0.1, 0.15) is 24.0 Å². The van der Waals surface area contributed by atoms with Crippen LogP contribution in [-0.2, 0) is 17.6 Å². The van der Waals surface area contributed by atoms with Crippen molar-refractivity contribution in [2.24, 2.45) is 0 Å². The van der Waals surface area contributed by atoms with Crippen LogP contribution in [0, 0.1) is 0 Å². The summed E-state index contributed by atoms with van der Waals surface area (Å²) in [6.07, 6.45) is 3.01. The largest absolute Gasteiger partial charge is 0.493 e. The molecular weight excluding hydrogens is 350 g/mol. The molecule has 0 unspecified atom stereocenters. The number of rotatable bonds is 11. The topological polar surface area (TPSA) is 58.6 Å². The van der Waals surface area contributed by atoms with Crippen LogP contribution in [0.5, 0.6) is 5.75 Å². The molecule has 0 aromatic heterocycles. The minimum absolute atomic E-state index is 0.172. The Hall–Kier alpha value is -2.85. The van der Waals surface area contributed by atoms with E-state index in [1.165, 1.54) is 21.9 Å². The number of benzene rings is 3. The monoisotopic (exact) mass is 377 g/mol. The first-order valence-electron chi connectivity index (χ1n) is 9.83. The average molecular weight is 377 g/mol. The minimum atomic E-state index is -0.760. The first-order valence-corrected chi connectivity index (χ1v) is 9.83. The van der Waals surface area contributed by atoms with E-state index in [4.69, 9.17) is 9.84 Å². The summed E-state index contributed by atoms with van der Waals surface area (Å²) in [4.78, 5) is 10.4. The predicted octanol–water partition coefficient (Wildman–Crippen LogP) is 4.46. The fourth-order valence-electron chi connectivity index (χ4n) is 3.17. The van der Waals surface area contributed by atoms with E-state index in [1.807, 2.05) is 12.1 Å². The highest BCUT2D eigenvalue weighted by atomic mass is 16.5. The van der Waals surface area contributed by atoms with Crippen LogP contribution in [0.4, 0.5) is 0 Å². The van der Waals surface area contributed by atoms with Gasteiger partial charge in [0.1, 0.15) is 5.75 Å². The molecule has 0 aliphatic rings. The fraction of sp³-hybridized carbons (Fsp3) is 0.292. The quantitative estimate of drug-likeness (QED) is 0.485. The molecule has 0 amide bonds. The fourth-order valence-corrected chi connectivity index (χ4v) is 3.17. The molecule has 3 aromatic carbocycles. The summed E-state index contributed by atoms with van der Waals surface area (Å²) in [5, 5.41) is 14.3. The molecule has 2 N–H and O–H groups in total. The molecule has 0 aliphatic carbocycles. The summed E-state index contributed by atoms with van der Waals surface area (Å²) in [7, 11) is 0. The third kappa shape index (κ3) is 6.39. The third-order valence-electron chi connectivity index (χ3n) is 4.73. The van der Waals surface area contributed by atoms with Gasteiger partial charge in [0.15, 0.2) is 0 Å². The number of fused-ring (bicyclic) bond motifs is 1. The van der Waals surface area contributed by atoms with E-state index < -0.39 is 5.97 Å². The van der Waals surface area contributed by atoms with Crippen LogP contribution in [-0.4, -0.2) is 30.8 Å². The van der Waals surface area contributed by atoms with Crippen molar-refractivity contribution in [1.82, 2.24) is 5.32 Å². The number of carboxylic acids is 1. The minimum Gasteiger partial charge on any atom is -0.493 e. The summed E-state index contributed by atoms with van der Waals surface area (Å²) in [6.45, 7) is 2.02. The molecule has 0 saturated carbocycles. The SMILES string of the molecule is O=C(O)CCNCCCc1ccc(OCCc2ccc3ccccc3c2)cc1. The second-order valence-electron chi connectivity index (χ2n) is 6.92. The normalized spacial score (nSPS) is 10.9. The lowest BCUT2D eigenvalue weighted by atomic mass is 10.1. The molecule has 0 heterocycles. The van der Waals surface area contributed by atoms with Crippen molar-refractivity contribution in [2.75, 3.05) is 19.7 Å². The summed E-state index contributed by atoms with van der Waals surface area (Å²) in [5.74, 6) is 0.132. The van der Waals surface area contributed by atoms with Gasteiger partial charge in [0, 0.05) is 13.0 Å². The smallest absolute Gasteiger partial charge is 0.304 e. The maximum Gasteiger partial charge on any atom is 0.304 e. The van der Waals surface area contributed by atoms with Gasteiger partial charge in [0.25, 0.3) is 0 Å². The van der Waals surface area contributed by atoms with Crippen molar-refractivity contribution in [1.29, 1.82) is 0 Å². The van der Waals surface area contributed by atoms with Gasteiger partial charge in [-0.05, 0) is 53.4 Å².